The molecule has 1 aromatic rings. The van der Waals surface area contributed by atoms with Crippen molar-refractivity contribution in [1.29, 1.82) is 0 Å². The number of amides is 1. The number of carbonyl (C=O) groups is 1. The van der Waals surface area contributed by atoms with Gasteiger partial charge in [0.15, 0.2) is 0 Å². The average Bonchev–Trinajstić information content (AvgIpc) is 2.87. The summed E-state index contributed by atoms with van der Waals surface area (Å²) in [5.74, 6) is -0.0356. The molecule has 1 fully saturated rings. The Hall–Kier alpha value is -1.62. The smallest absolute Gasteiger partial charge is 0.272 e. The Labute approximate surface area is 113 Å². The molecule has 19 heavy (non-hydrogen) atoms. The van der Waals surface area contributed by atoms with Crippen molar-refractivity contribution in [2.24, 2.45) is 0 Å². The molecule has 1 aromatic heterocycles. The third-order valence-electron chi connectivity index (χ3n) is 3.54. The zero-order chi connectivity index (χ0) is 13.8. The third kappa shape index (κ3) is 3.04. The van der Waals surface area contributed by atoms with Crippen molar-refractivity contribution in [3.8, 4) is 0 Å². The summed E-state index contributed by atoms with van der Waals surface area (Å²) in [6.07, 6.45) is 2.17. The van der Waals surface area contributed by atoms with Crippen LogP contribution in [-0.2, 0) is 0 Å². The number of pyridine rings is 1. The zero-order valence-corrected chi connectivity index (χ0v) is 11.5. The first-order valence-corrected chi connectivity index (χ1v) is 6.84. The van der Waals surface area contributed by atoms with Gasteiger partial charge in [0.05, 0.1) is 6.10 Å². The normalized spacial score (nSPS) is 18.7. The Morgan fingerprint density at radius 2 is 2.26 bits per heavy atom. The van der Waals surface area contributed by atoms with Crippen LogP contribution in [0.5, 0.6) is 0 Å². The van der Waals surface area contributed by atoms with Crippen LogP contribution < -0.4 is 4.90 Å². The summed E-state index contributed by atoms with van der Waals surface area (Å²) >= 11 is 0. The van der Waals surface area contributed by atoms with Gasteiger partial charge in [0, 0.05) is 38.1 Å². The van der Waals surface area contributed by atoms with E-state index in [1.165, 1.54) is 0 Å². The first kappa shape index (κ1) is 13.8. The minimum absolute atomic E-state index is 0.0356. The molecule has 0 aromatic carbocycles. The highest BCUT2D eigenvalue weighted by molar-refractivity contribution is 5.93. The van der Waals surface area contributed by atoms with Crippen molar-refractivity contribution in [3.05, 3.63) is 24.0 Å². The molecule has 1 atom stereocenters. The molecule has 104 valence electrons. The summed E-state index contributed by atoms with van der Waals surface area (Å²) < 4.78 is 0. The SMILES string of the molecule is CCN(CC)C(=O)c1cc(N2CC[C@H](O)C2)ccn1. The molecule has 1 N–H and O–H groups in total. The fourth-order valence-corrected chi connectivity index (χ4v) is 2.38. The summed E-state index contributed by atoms with van der Waals surface area (Å²) in [5, 5.41) is 9.57. The van der Waals surface area contributed by atoms with E-state index in [0.717, 1.165) is 18.7 Å². The lowest BCUT2D eigenvalue weighted by molar-refractivity contribution is 0.0767. The summed E-state index contributed by atoms with van der Waals surface area (Å²) in [4.78, 5) is 20.2. The lowest BCUT2D eigenvalue weighted by Crippen LogP contribution is -2.31. The van der Waals surface area contributed by atoms with Crippen LogP contribution in [0.2, 0.25) is 0 Å². The zero-order valence-electron chi connectivity index (χ0n) is 11.5. The fourth-order valence-electron chi connectivity index (χ4n) is 2.38. The number of aliphatic hydroxyl groups excluding tert-OH is 1. The molecule has 5 nitrogen and oxygen atoms in total. The highest BCUT2D eigenvalue weighted by Crippen LogP contribution is 2.20. The summed E-state index contributed by atoms with van der Waals surface area (Å²) in [6.45, 7) is 6.74. The van der Waals surface area contributed by atoms with Crippen molar-refractivity contribution in [2.45, 2.75) is 26.4 Å². The van der Waals surface area contributed by atoms with Gasteiger partial charge in [0.1, 0.15) is 5.69 Å². The number of carbonyl (C=O) groups excluding carboxylic acids is 1. The summed E-state index contributed by atoms with van der Waals surface area (Å²) in [5.41, 5.74) is 1.43. The maximum atomic E-state index is 12.2. The molecule has 5 heteroatoms. The molecule has 2 rings (SSSR count). The van der Waals surface area contributed by atoms with Gasteiger partial charge in [-0.1, -0.05) is 0 Å². The predicted octanol–water partition coefficient (Wildman–Crippen LogP) is 1.13. The number of anilines is 1. The molecule has 1 aliphatic rings. The van der Waals surface area contributed by atoms with Crippen molar-refractivity contribution in [1.82, 2.24) is 9.88 Å². The maximum Gasteiger partial charge on any atom is 0.272 e. The predicted molar refractivity (Wildman–Crippen MR) is 74.3 cm³/mol. The van der Waals surface area contributed by atoms with Crippen LogP contribution in [0.15, 0.2) is 18.3 Å². The molecule has 0 spiro atoms. The maximum absolute atomic E-state index is 12.2. The molecular formula is C14H21N3O2. The van der Waals surface area contributed by atoms with Gasteiger partial charge in [-0.25, -0.2) is 0 Å². The topological polar surface area (TPSA) is 56.7 Å². The van der Waals surface area contributed by atoms with Gasteiger partial charge in [0.2, 0.25) is 0 Å². The highest BCUT2D eigenvalue weighted by Gasteiger charge is 2.22. The van der Waals surface area contributed by atoms with Gasteiger partial charge in [-0.3, -0.25) is 9.78 Å². The second kappa shape index (κ2) is 6.02. The van der Waals surface area contributed by atoms with Crippen LogP contribution in [-0.4, -0.2) is 53.2 Å². The van der Waals surface area contributed by atoms with Crippen LogP contribution in [0.25, 0.3) is 0 Å². The van der Waals surface area contributed by atoms with E-state index < -0.39 is 0 Å². The van der Waals surface area contributed by atoms with Gasteiger partial charge in [-0.15, -0.1) is 0 Å². The van der Waals surface area contributed by atoms with Crippen molar-refractivity contribution in [3.63, 3.8) is 0 Å². The minimum atomic E-state index is -0.268. The Kier molecular flexibility index (Phi) is 4.37. The number of aliphatic hydroxyl groups is 1. The fraction of sp³-hybridized carbons (Fsp3) is 0.571. The van der Waals surface area contributed by atoms with Gasteiger partial charge in [-0.05, 0) is 32.4 Å². The minimum Gasteiger partial charge on any atom is -0.391 e. The first-order valence-electron chi connectivity index (χ1n) is 6.84. The van der Waals surface area contributed by atoms with E-state index in [4.69, 9.17) is 0 Å². The van der Waals surface area contributed by atoms with E-state index in [9.17, 15) is 9.90 Å². The van der Waals surface area contributed by atoms with E-state index in [1.54, 1.807) is 11.1 Å². The summed E-state index contributed by atoms with van der Waals surface area (Å²) in [7, 11) is 0. The standard InChI is InChI=1S/C14H21N3O2/c1-3-16(4-2)14(19)13-9-11(5-7-15-13)17-8-6-12(18)10-17/h5,7,9,12,18H,3-4,6,8,10H2,1-2H3/t12-/m0/s1. The van der Waals surface area contributed by atoms with Gasteiger partial charge >= 0.3 is 0 Å². The second-order valence-corrected chi connectivity index (χ2v) is 4.77. The molecule has 2 heterocycles. The van der Waals surface area contributed by atoms with Crippen molar-refractivity contribution < 1.29 is 9.90 Å². The van der Waals surface area contributed by atoms with Gasteiger partial charge in [0.25, 0.3) is 5.91 Å². The lowest BCUT2D eigenvalue weighted by atomic mass is 10.2. The quantitative estimate of drug-likeness (QED) is 0.885. The van der Waals surface area contributed by atoms with Crippen LogP contribution >= 0.6 is 0 Å². The third-order valence-corrected chi connectivity index (χ3v) is 3.54. The number of nitrogens with zero attached hydrogens (tertiary/aromatic N) is 3. The average molecular weight is 263 g/mol. The van der Waals surface area contributed by atoms with Gasteiger partial charge < -0.3 is 14.9 Å². The highest BCUT2D eigenvalue weighted by atomic mass is 16.3. The van der Waals surface area contributed by atoms with E-state index in [-0.39, 0.29) is 12.0 Å². The lowest BCUT2D eigenvalue weighted by Gasteiger charge is -2.21. The molecule has 0 bridgehead atoms. The number of β-amino-alcohol motifs (C(OH)–C–C–N with tert-alkyl or cyclic N) is 1. The molecule has 0 unspecified atom stereocenters. The second-order valence-electron chi connectivity index (χ2n) is 4.77. The van der Waals surface area contributed by atoms with Crippen LogP contribution in [0.3, 0.4) is 0 Å². The molecule has 0 radical (unpaired) electrons. The molecule has 1 aliphatic heterocycles. The van der Waals surface area contributed by atoms with E-state index in [0.29, 0.717) is 25.3 Å². The van der Waals surface area contributed by atoms with E-state index in [1.807, 2.05) is 26.0 Å². The number of rotatable bonds is 4. The molecule has 0 aliphatic carbocycles. The Morgan fingerprint density at radius 3 is 2.84 bits per heavy atom. The van der Waals surface area contributed by atoms with E-state index in [2.05, 4.69) is 9.88 Å². The summed E-state index contributed by atoms with van der Waals surface area (Å²) in [6, 6.07) is 3.70. The van der Waals surface area contributed by atoms with Crippen molar-refractivity contribution in [2.75, 3.05) is 31.1 Å². The molecular weight excluding hydrogens is 242 g/mol. The van der Waals surface area contributed by atoms with Crippen molar-refractivity contribution >= 4 is 11.6 Å². The molecule has 0 saturated carbocycles. The van der Waals surface area contributed by atoms with E-state index >= 15 is 0 Å². The molecule has 1 saturated heterocycles. The Bertz CT molecular complexity index is 446. The largest absolute Gasteiger partial charge is 0.391 e. The number of aromatic nitrogens is 1. The molecule has 1 amide bonds. The Morgan fingerprint density at radius 1 is 1.53 bits per heavy atom. The number of hydrogen-bond donors (Lipinski definition) is 1. The van der Waals surface area contributed by atoms with Gasteiger partial charge in [-0.2, -0.15) is 0 Å². The van der Waals surface area contributed by atoms with Crippen LogP contribution in [0.4, 0.5) is 5.69 Å². The van der Waals surface area contributed by atoms with Crippen LogP contribution in [0.1, 0.15) is 30.8 Å². The monoisotopic (exact) mass is 263 g/mol. The van der Waals surface area contributed by atoms with Crippen LogP contribution in [0, 0.1) is 0 Å². The number of hydrogen-bond acceptors (Lipinski definition) is 4. The Balaban J connectivity index is 2.17. The first-order chi connectivity index (χ1) is 9.15.